The molecule has 35 heavy (non-hydrogen) atoms. The number of fused-ring (bicyclic) bond motifs is 1. The topological polar surface area (TPSA) is 89.7 Å². The maximum absolute atomic E-state index is 13.3. The van der Waals surface area contributed by atoms with E-state index in [1.54, 1.807) is 0 Å². The number of carbonyl (C=O) groups excluding carboxylic acids is 1. The summed E-state index contributed by atoms with van der Waals surface area (Å²) in [6, 6.07) is 3.80. The normalized spacial score (nSPS) is 23.2. The Bertz CT molecular complexity index is 1260. The van der Waals surface area contributed by atoms with Gasteiger partial charge in [0.1, 0.15) is 5.75 Å². The van der Waals surface area contributed by atoms with E-state index in [-0.39, 0.29) is 40.9 Å². The number of amides is 1. The highest BCUT2D eigenvalue weighted by Crippen LogP contribution is 2.59. The maximum Gasteiger partial charge on any atom is 0.452 e. The van der Waals surface area contributed by atoms with Crippen molar-refractivity contribution in [2.75, 3.05) is 18.8 Å². The van der Waals surface area contributed by atoms with Gasteiger partial charge in [0.05, 0.1) is 21.9 Å². The number of likely N-dealkylation sites (tertiary alicyclic amines) is 1. The zero-order valence-electron chi connectivity index (χ0n) is 18.4. The van der Waals surface area contributed by atoms with Crippen molar-refractivity contribution >= 4 is 15.7 Å². The minimum Gasteiger partial charge on any atom is -0.480 e. The van der Waals surface area contributed by atoms with Crippen molar-refractivity contribution in [3.63, 3.8) is 0 Å². The SMILES string of the molecule is CCS(=O)(=O)c1ccc(O[C@@H](C)C(F)(F)F)c(C(=O)N2CC3CC3(c3cc(C(F)(F)F)on3)C2)c1. The van der Waals surface area contributed by atoms with E-state index in [1.165, 1.54) is 11.8 Å². The van der Waals surface area contributed by atoms with Gasteiger partial charge in [0.15, 0.2) is 15.9 Å². The highest BCUT2D eigenvalue weighted by molar-refractivity contribution is 7.91. The Hall–Kier alpha value is -2.77. The van der Waals surface area contributed by atoms with E-state index in [0.29, 0.717) is 6.42 Å². The lowest BCUT2D eigenvalue weighted by Crippen LogP contribution is -2.35. The van der Waals surface area contributed by atoms with Crippen LogP contribution in [0.5, 0.6) is 5.75 Å². The van der Waals surface area contributed by atoms with Crippen molar-refractivity contribution in [1.29, 1.82) is 0 Å². The summed E-state index contributed by atoms with van der Waals surface area (Å²) in [6.07, 6.45) is -11.3. The van der Waals surface area contributed by atoms with E-state index >= 15 is 0 Å². The average Bonchev–Trinajstić information content (AvgIpc) is 3.13. The molecule has 192 valence electrons. The van der Waals surface area contributed by atoms with Gasteiger partial charge in [-0.1, -0.05) is 12.1 Å². The third-order valence-corrected chi connectivity index (χ3v) is 8.15. The first-order valence-corrected chi connectivity index (χ1v) is 12.2. The molecule has 3 atom stereocenters. The Morgan fingerprint density at radius 3 is 2.51 bits per heavy atom. The molecule has 1 amide bonds. The molecule has 2 aromatic rings. The van der Waals surface area contributed by atoms with Crippen molar-refractivity contribution in [2.45, 2.75) is 49.0 Å². The monoisotopic (exact) mass is 526 g/mol. The van der Waals surface area contributed by atoms with Crippen molar-refractivity contribution in [2.24, 2.45) is 5.92 Å². The molecule has 1 aliphatic carbocycles. The summed E-state index contributed by atoms with van der Waals surface area (Å²) in [5.41, 5.74) is -1.21. The number of carbonyl (C=O) groups is 1. The summed E-state index contributed by atoms with van der Waals surface area (Å²) in [7, 11) is -3.80. The molecule has 0 N–H and O–H groups in total. The van der Waals surface area contributed by atoms with Crippen LogP contribution in [0.2, 0.25) is 0 Å². The van der Waals surface area contributed by atoms with Crippen LogP contribution in [0.4, 0.5) is 26.3 Å². The summed E-state index contributed by atoms with van der Waals surface area (Å²) in [6.45, 7) is 2.16. The first-order valence-electron chi connectivity index (χ1n) is 10.5. The van der Waals surface area contributed by atoms with Gasteiger partial charge in [-0.3, -0.25) is 4.79 Å². The van der Waals surface area contributed by atoms with Crippen molar-refractivity contribution in [1.82, 2.24) is 10.1 Å². The predicted octanol–water partition coefficient (Wildman–Crippen LogP) is 4.23. The van der Waals surface area contributed by atoms with Gasteiger partial charge in [0.2, 0.25) is 5.76 Å². The molecular formula is C21H20F6N2O5S. The summed E-state index contributed by atoms with van der Waals surface area (Å²) in [4.78, 5) is 14.3. The van der Waals surface area contributed by atoms with Gasteiger partial charge in [-0.15, -0.1) is 0 Å². The predicted molar refractivity (Wildman–Crippen MR) is 108 cm³/mol. The number of alkyl halides is 6. The number of sulfone groups is 1. The second-order valence-electron chi connectivity index (χ2n) is 8.68. The Morgan fingerprint density at radius 1 is 1.26 bits per heavy atom. The second-order valence-corrected chi connectivity index (χ2v) is 11.0. The first kappa shape index (κ1) is 25.3. The zero-order valence-corrected chi connectivity index (χ0v) is 19.2. The van der Waals surface area contributed by atoms with Crippen LogP contribution in [0.3, 0.4) is 0 Å². The lowest BCUT2D eigenvalue weighted by Gasteiger charge is -2.24. The summed E-state index contributed by atoms with van der Waals surface area (Å²) in [5, 5.41) is 3.52. The molecule has 2 unspecified atom stereocenters. The van der Waals surface area contributed by atoms with Crippen LogP contribution >= 0.6 is 0 Å². The molecular weight excluding hydrogens is 506 g/mol. The van der Waals surface area contributed by atoms with Gasteiger partial charge in [-0.05, 0) is 37.5 Å². The Balaban J connectivity index is 1.64. The van der Waals surface area contributed by atoms with Crippen LogP contribution in [0.25, 0.3) is 0 Å². The largest absolute Gasteiger partial charge is 0.480 e. The second kappa shape index (κ2) is 8.14. The Kier molecular flexibility index (Phi) is 5.89. The van der Waals surface area contributed by atoms with Crippen LogP contribution < -0.4 is 4.74 Å². The van der Waals surface area contributed by atoms with Crippen molar-refractivity contribution in [3.05, 3.63) is 41.3 Å². The molecule has 0 bridgehead atoms. The molecule has 14 heteroatoms. The van der Waals surface area contributed by atoms with E-state index in [1.807, 2.05) is 0 Å². The van der Waals surface area contributed by atoms with Gasteiger partial charge >= 0.3 is 12.4 Å². The van der Waals surface area contributed by atoms with E-state index < -0.39 is 51.1 Å². The molecule has 2 heterocycles. The fourth-order valence-corrected chi connectivity index (χ4v) is 5.15. The quantitative estimate of drug-likeness (QED) is 0.524. The van der Waals surface area contributed by atoms with Gasteiger partial charge in [-0.25, -0.2) is 8.42 Å². The van der Waals surface area contributed by atoms with Crippen molar-refractivity contribution < 1.29 is 48.8 Å². The van der Waals surface area contributed by atoms with Gasteiger partial charge in [0.25, 0.3) is 5.91 Å². The lowest BCUT2D eigenvalue weighted by atomic mass is 10.0. The Morgan fingerprint density at radius 2 is 1.94 bits per heavy atom. The molecule has 0 spiro atoms. The van der Waals surface area contributed by atoms with Crippen LogP contribution in [0, 0.1) is 5.92 Å². The molecule has 2 fully saturated rings. The van der Waals surface area contributed by atoms with Gasteiger partial charge in [-0.2, -0.15) is 26.3 Å². The standard InChI is InChI=1S/C21H20F6N2O5S/c1-3-35(31,32)13-4-5-15(33-11(2)20(22,23)24)14(6-13)18(30)29-9-12-8-19(12,10-29)16-7-17(34-28-16)21(25,26)27/h4-7,11-12H,3,8-10H2,1-2H3/t11-,12?,19?/m0/s1. The van der Waals surface area contributed by atoms with Gasteiger partial charge in [0, 0.05) is 24.6 Å². The molecule has 1 saturated carbocycles. The molecule has 1 aromatic carbocycles. The third-order valence-electron chi connectivity index (χ3n) is 6.42. The Labute approximate surface area is 195 Å². The molecule has 1 saturated heterocycles. The number of nitrogens with zero attached hydrogens (tertiary/aromatic N) is 2. The first-order chi connectivity index (χ1) is 16.1. The molecule has 2 aliphatic rings. The summed E-state index contributed by atoms with van der Waals surface area (Å²) >= 11 is 0. The maximum atomic E-state index is 13.3. The number of aromatic nitrogens is 1. The fourth-order valence-electron chi connectivity index (χ4n) is 4.24. The van der Waals surface area contributed by atoms with E-state index in [2.05, 4.69) is 9.68 Å². The summed E-state index contributed by atoms with van der Waals surface area (Å²) < 4.78 is 112. The number of halogens is 6. The average molecular weight is 526 g/mol. The molecule has 1 aromatic heterocycles. The lowest BCUT2D eigenvalue weighted by molar-refractivity contribution is -0.189. The minimum absolute atomic E-state index is 0.0367. The zero-order chi connectivity index (χ0) is 26.0. The molecule has 7 nitrogen and oxygen atoms in total. The summed E-state index contributed by atoms with van der Waals surface area (Å²) in [5.74, 6) is -3.05. The number of rotatable bonds is 6. The number of benzene rings is 1. The van der Waals surface area contributed by atoms with E-state index in [9.17, 15) is 39.6 Å². The minimum atomic E-state index is -4.74. The van der Waals surface area contributed by atoms with Crippen LogP contribution in [0.15, 0.2) is 33.7 Å². The number of ether oxygens (including phenoxy) is 1. The van der Waals surface area contributed by atoms with E-state index in [0.717, 1.165) is 31.2 Å². The highest BCUT2D eigenvalue weighted by Gasteiger charge is 2.64. The molecule has 1 aliphatic heterocycles. The van der Waals surface area contributed by atoms with Crippen LogP contribution in [0.1, 0.15) is 42.1 Å². The van der Waals surface area contributed by atoms with E-state index in [4.69, 9.17) is 4.74 Å². The third kappa shape index (κ3) is 4.59. The number of hydrogen-bond acceptors (Lipinski definition) is 6. The fraction of sp³-hybridized carbons (Fsp3) is 0.524. The van der Waals surface area contributed by atoms with Crippen LogP contribution in [-0.2, 0) is 21.4 Å². The molecule has 4 rings (SSSR count). The highest BCUT2D eigenvalue weighted by atomic mass is 32.2. The van der Waals surface area contributed by atoms with Crippen molar-refractivity contribution in [3.8, 4) is 5.75 Å². The van der Waals surface area contributed by atoms with Crippen LogP contribution in [-0.4, -0.2) is 55.5 Å². The number of hydrogen-bond donors (Lipinski definition) is 0. The smallest absolute Gasteiger partial charge is 0.452 e. The number of piperidine rings is 1. The van der Waals surface area contributed by atoms with Gasteiger partial charge < -0.3 is 14.2 Å². The molecule has 0 radical (unpaired) electrons.